The second kappa shape index (κ2) is 4.12. The Balaban J connectivity index is 2.42. The van der Waals surface area contributed by atoms with Crippen molar-refractivity contribution in [2.75, 3.05) is 6.79 Å². The molecule has 1 aliphatic heterocycles. The Labute approximate surface area is 96.4 Å². The van der Waals surface area contributed by atoms with Crippen molar-refractivity contribution in [2.24, 2.45) is 5.92 Å². The van der Waals surface area contributed by atoms with Gasteiger partial charge in [0.15, 0.2) is 23.1 Å². The van der Waals surface area contributed by atoms with Crippen molar-refractivity contribution < 1.29 is 28.9 Å². The highest BCUT2D eigenvalue weighted by atomic mass is 19.1. The third-order valence-corrected chi connectivity index (χ3v) is 2.62. The molecule has 0 saturated heterocycles. The molecule has 5 nitrogen and oxygen atoms in total. The van der Waals surface area contributed by atoms with Crippen LogP contribution in [0.3, 0.4) is 0 Å². The van der Waals surface area contributed by atoms with E-state index in [1.165, 1.54) is 6.92 Å². The van der Waals surface area contributed by atoms with Crippen LogP contribution in [0.1, 0.15) is 12.5 Å². The molecular formula is C11H11FO5. The predicted octanol–water partition coefficient (Wildman–Crippen LogP) is 1.52. The SMILES string of the molecule is CC(Cc1c(O)c(F)cc2c1OCO2)C(=O)O. The lowest BCUT2D eigenvalue weighted by molar-refractivity contribution is -0.141. The number of hydrogen-bond donors (Lipinski definition) is 2. The summed E-state index contributed by atoms with van der Waals surface area (Å²) < 4.78 is 23.5. The summed E-state index contributed by atoms with van der Waals surface area (Å²) in [5, 5.41) is 18.4. The minimum Gasteiger partial charge on any atom is -0.505 e. The molecule has 2 N–H and O–H groups in total. The highest BCUT2D eigenvalue weighted by Gasteiger charge is 2.27. The van der Waals surface area contributed by atoms with Gasteiger partial charge in [-0.15, -0.1) is 0 Å². The van der Waals surface area contributed by atoms with Crippen LogP contribution in [-0.2, 0) is 11.2 Å². The predicted molar refractivity (Wildman–Crippen MR) is 54.7 cm³/mol. The van der Waals surface area contributed by atoms with Crippen LogP contribution < -0.4 is 9.47 Å². The molecule has 0 spiro atoms. The van der Waals surface area contributed by atoms with Crippen molar-refractivity contribution in [3.05, 3.63) is 17.4 Å². The summed E-state index contributed by atoms with van der Waals surface area (Å²) in [6, 6.07) is 1.02. The number of carboxylic acids is 1. The Morgan fingerprint density at radius 3 is 2.94 bits per heavy atom. The van der Waals surface area contributed by atoms with Crippen LogP contribution in [0.15, 0.2) is 6.07 Å². The van der Waals surface area contributed by atoms with Crippen LogP contribution in [0.5, 0.6) is 17.2 Å². The van der Waals surface area contributed by atoms with E-state index in [-0.39, 0.29) is 30.3 Å². The minimum atomic E-state index is -1.03. The van der Waals surface area contributed by atoms with E-state index in [9.17, 15) is 14.3 Å². The number of carbonyl (C=O) groups is 1. The number of phenols is 1. The van der Waals surface area contributed by atoms with Crippen molar-refractivity contribution in [3.8, 4) is 17.2 Å². The van der Waals surface area contributed by atoms with Crippen LogP contribution in [0.4, 0.5) is 4.39 Å². The van der Waals surface area contributed by atoms with Crippen LogP contribution in [0.2, 0.25) is 0 Å². The largest absolute Gasteiger partial charge is 0.505 e. The first-order valence-corrected chi connectivity index (χ1v) is 5.03. The van der Waals surface area contributed by atoms with E-state index in [0.717, 1.165) is 6.07 Å². The molecule has 0 aromatic heterocycles. The number of rotatable bonds is 3. The molecule has 2 rings (SSSR count). The van der Waals surface area contributed by atoms with Crippen molar-refractivity contribution >= 4 is 5.97 Å². The first kappa shape index (κ1) is 11.5. The number of aromatic hydroxyl groups is 1. The molecule has 6 heteroatoms. The summed E-state index contributed by atoms with van der Waals surface area (Å²) >= 11 is 0. The van der Waals surface area contributed by atoms with Gasteiger partial charge in [0.25, 0.3) is 0 Å². The number of hydrogen-bond acceptors (Lipinski definition) is 4. The molecule has 1 aliphatic rings. The van der Waals surface area contributed by atoms with E-state index in [0.29, 0.717) is 0 Å². The molecule has 1 aromatic rings. The molecule has 1 atom stereocenters. The van der Waals surface area contributed by atoms with Gasteiger partial charge in [-0.2, -0.15) is 0 Å². The van der Waals surface area contributed by atoms with E-state index in [2.05, 4.69) is 0 Å². The second-order valence-corrected chi connectivity index (χ2v) is 3.86. The summed E-state index contributed by atoms with van der Waals surface area (Å²) in [7, 11) is 0. The Morgan fingerprint density at radius 1 is 1.59 bits per heavy atom. The summed E-state index contributed by atoms with van der Waals surface area (Å²) in [6.07, 6.45) is -0.0232. The third-order valence-electron chi connectivity index (χ3n) is 2.62. The molecular weight excluding hydrogens is 231 g/mol. The van der Waals surface area contributed by atoms with Gasteiger partial charge in [0, 0.05) is 11.6 Å². The smallest absolute Gasteiger partial charge is 0.306 e. The van der Waals surface area contributed by atoms with Gasteiger partial charge in [-0.1, -0.05) is 6.92 Å². The molecule has 0 saturated carbocycles. The van der Waals surface area contributed by atoms with Gasteiger partial charge >= 0.3 is 5.97 Å². The van der Waals surface area contributed by atoms with Crippen LogP contribution in [0.25, 0.3) is 0 Å². The summed E-state index contributed by atoms with van der Waals surface area (Å²) in [5.41, 5.74) is 0.132. The normalized spacial score (nSPS) is 14.7. The number of ether oxygens (including phenoxy) is 2. The van der Waals surface area contributed by atoms with Gasteiger partial charge in [-0.3, -0.25) is 4.79 Å². The highest BCUT2D eigenvalue weighted by molar-refractivity contribution is 5.70. The summed E-state index contributed by atoms with van der Waals surface area (Å²) in [6.45, 7) is 1.40. The number of fused-ring (bicyclic) bond motifs is 1. The maximum absolute atomic E-state index is 13.4. The fourth-order valence-corrected chi connectivity index (χ4v) is 1.65. The average Bonchev–Trinajstić information content (AvgIpc) is 2.71. The topological polar surface area (TPSA) is 76.0 Å². The van der Waals surface area contributed by atoms with E-state index in [1.54, 1.807) is 0 Å². The molecule has 92 valence electrons. The number of phenolic OH excluding ortho intramolecular Hbond substituents is 1. The van der Waals surface area contributed by atoms with Crippen LogP contribution in [0, 0.1) is 11.7 Å². The Bertz CT molecular complexity index is 471. The zero-order valence-corrected chi connectivity index (χ0v) is 9.07. The number of carboxylic acid groups (broad SMARTS) is 1. The molecule has 1 heterocycles. The Kier molecular flexibility index (Phi) is 2.79. The molecule has 1 aromatic carbocycles. The molecule has 0 fully saturated rings. The standard InChI is InChI=1S/C11H11FO5/c1-5(11(14)15)2-6-9(13)7(12)3-8-10(6)17-4-16-8/h3,5,13H,2,4H2,1H3,(H,14,15). The van der Waals surface area contributed by atoms with E-state index in [4.69, 9.17) is 14.6 Å². The summed E-state index contributed by atoms with van der Waals surface area (Å²) in [5.74, 6) is -2.80. The fraction of sp³-hybridized carbons (Fsp3) is 0.364. The quantitative estimate of drug-likeness (QED) is 0.840. The Morgan fingerprint density at radius 2 is 2.29 bits per heavy atom. The molecule has 0 bridgehead atoms. The molecule has 0 aliphatic carbocycles. The first-order valence-electron chi connectivity index (χ1n) is 5.03. The first-order chi connectivity index (χ1) is 8.00. The van der Waals surface area contributed by atoms with Crippen molar-refractivity contribution in [1.82, 2.24) is 0 Å². The fourth-order valence-electron chi connectivity index (χ4n) is 1.65. The lowest BCUT2D eigenvalue weighted by atomic mass is 9.99. The van der Waals surface area contributed by atoms with E-state index in [1.807, 2.05) is 0 Å². The maximum atomic E-state index is 13.4. The van der Waals surface area contributed by atoms with Crippen LogP contribution in [-0.4, -0.2) is 23.0 Å². The number of benzene rings is 1. The van der Waals surface area contributed by atoms with Gasteiger partial charge in [-0.05, 0) is 6.42 Å². The van der Waals surface area contributed by atoms with Gasteiger partial charge < -0.3 is 19.7 Å². The molecule has 17 heavy (non-hydrogen) atoms. The minimum absolute atomic E-state index is 0.0232. The number of aliphatic carboxylic acids is 1. The van der Waals surface area contributed by atoms with Gasteiger partial charge in [-0.25, -0.2) is 4.39 Å². The summed E-state index contributed by atoms with van der Waals surface area (Å²) in [4.78, 5) is 10.8. The number of halogens is 1. The van der Waals surface area contributed by atoms with Gasteiger partial charge in [0.2, 0.25) is 6.79 Å². The zero-order valence-electron chi connectivity index (χ0n) is 9.07. The Hall–Kier alpha value is -1.98. The van der Waals surface area contributed by atoms with Crippen molar-refractivity contribution in [1.29, 1.82) is 0 Å². The zero-order chi connectivity index (χ0) is 12.6. The van der Waals surface area contributed by atoms with Gasteiger partial charge in [0.05, 0.1) is 5.92 Å². The highest BCUT2D eigenvalue weighted by Crippen LogP contribution is 2.43. The third kappa shape index (κ3) is 1.98. The van der Waals surface area contributed by atoms with Crippen LogP contribution >= 0.6 is 0 Å². The molecule has 0 amide bonds. The average molecular weight is 242 g/mol. The van der Waals surface area contributed by atoms with Crippen molar-refractivity contribution in [2.45, 2.75) is 13.3 Å². The second-order valence-electron chi connectivity index (χ2n) is 3.86. The maximum Gasteiger partial charge on any atom is 0.306 e. The molecule has 0 radical (unpaired) electrons. The lowest BCUT2D eigenvalue weighted by Crippen LogP contribution is -2.13. The van der Waals surface area contributed by atoms with E-state index < -0.39 is 23.5 Å². The van der Waals surface area contributed by atoms with Crippen molar-refractivity contribution in [3.63, 3.8) is 0 Å². The molecule has 1 unspecified atom stereocenters. The van der Waals surface area contributed by atoms with Gasteiger partial charge in [0.1, 0.15) is 0 Å². The van der Waals surface area contributed by atoms with E-state index >= 15 is 0 Å². The monoisotopic (exact) mass is 242 g/mol. The lowest BCUT2D eigenvalue weighted by Gasteiger charge is -2.11.